The molecule has 0 radical (unpaired) electrons. The van der Waals surface area contributed by atoms with Gasteiger partial charge in [0.25, 0.3) is 0 Å². The van der Waals surface area contributed by atoms with Crippen LogP contribution in [0.1, 0.15) is 126 Å². The molecule has 4 rings (SSSR count). The molecule has 3 aromatic carbocycles. The number of ether oxygens (including phenoxy) is 4. The van der Waals surface area contributed by atoms with Crippen LogP contribution in [0.4, 0.5) is 0 Å². The first-order valence-electron chi connectivity index (χ1n) is 16.2. The maximum atomic E-state index is 11.4. The molecule has 246 valence electrons. The summed E-state index contributed by atoms with van der Waals surface area (Å²) in [6.45, 7) is 23.7. The molecule has 45 heavy (non-hydrogen) atoms. The minimum atomic E-state index is -0.139. The molecule has 0 unspecified atom stereocenters. The predicted molar refractivity (Wildman–Crippen MR) is 180 cm³/mol. The molecule has 1 aliphatic heterocycles. The van der Waals surface area contributed by atoms with Gasteiger partial charge in [-0.05, 0) is 75.8 Å². The second-order valence-electron chi connectivity index (χ2n) is 15.5. The Morgan fingerprint density at radius 3 is 1.04 bits per heavy atom. The van der Waals surface area contributed by atoms with Crippen molar-refractivity contribution in [3.8, 4) is 17.2 Å². The Kier molecular flexibility index (Phi) is 10.6. The van der Waals surface area contributed by atoms with Crippen LogP contribution < -0.4 is 4.74 Å². The lowest BCUT2D eigenvalue weighted by molar-refractivity contribution is 0.0919. The Bertz CT molecular complexity index is 1380. The summed E-state index contributed by atoms with van der Waals surface area (Å²) in [5.74, 6) is 1.14. The van der Waals surface area contributed by atoms with Crippen LogP contribution in [0.3, 0.4) is 0 Å². The topological polar surface area (TPSA) is 77.4 Å². The first-order valence-corrected chi connectivity index (χ1v) is 16.2. The summed E-state index contributed by atoms with van der Waals surface area (Å²) in [7, 11) is 0. The molecule has 2 N–H and O–H groups in total. The number of phenols is 2. The molecule has 0 amide bonds. The van der Waals surface area contributed by atoms with Crippen molar-refractivity contribution >= 4 is 0 Å². The van der Waals surface area contributed by atoms with Gasteiger partial charge in [-0.15, -0.1) is 0 Å². The van der Waals surface area contributed by atoms with E-state index in [-0.39, 0.29) is 54.2 Å². The Balaban J connectivity index is 1.87. The van der Waals surface area contributed by atoms with E-state index in [2.05, 4.69) is 81.4 Å². The van der Waals surface area contributed by atoms with E-state index in [0.29, 0.717) is 42.1 Å². The van der Waals surface area contributed by atoms with E-state index < -0.39 is 0 Å². The van der Waals surface area contributed by atoms with Gasteiger partial charge in [0.2, 0.25) is 0 Å². The van der Waals surface area contributed by atoms with Gasteiger partial charge in [0.05, 0.1) is 46.2 Å². The summed E-state index contributed by atoms with van der Waals surface area (Å²) in [6.07, 6.45) is 0.871. The summed E-state index contributed by atoms with van der Waals surface area (Å²) in [6, 6.07) is 12.4. The molecule has 3 aromatic rings. The number of hydrogen-bond acceptors (Lipinski definition) is 6. The fourth-order valence-corrected chi connectivity index (χ4v) is 5.43. The van der Waals surface area contributed by atoms with Crippen molar-refractivity contribution in [3.63, 3.8) is 0 Å². The SMILES string of the molecule is CCCOc1c2cc(C(C)(C)C)cc1COCc1cc(C(C)(C)C)cc(c1O)COCc1cc(C(C)(C)C)cc(c1O)COC2. The fraction of sp³-hybridized carbons (Fsp3) is 0.538. The molecule has 0 atom stereocenters. The van der Waals surface area contributed by atoms with Crippen molar-refractivity contribution in [2.24, 2.45) is 0 Å². The van der Waals surface area contributed by atoms with Crippen molar-refractivity contribution in [3.05, 3.63) is 86.5 Å². The van der Waals surface area contributed by atoms with Crippen LogP contribution in [0.5, 0.6) is 17.2 Å². The summed E-state index contributed by atoms with van der Waals surface area (Å²) in [5.41, 5.74) is 7.68. The average Bonchev–Trinajstić information content (AvgIpc) is 2.93. The predicted octanol–water partition coefficient (Wildman–Crippen LogP) is 9.24. The zero-order chi connectivity index (χ0) is 33.2. The van der Waals surface area contributed by atoms with Gasteiger partial charge in [-0.25, -0.2) is 0 Å². The molecule has 6 heteroatoms. The van der Waals surface area contributed by atoms with Crippen LogP contribution in [0, 0.1) is 0 Å². The summed E-state index contributed by atoms with van der Waals surface area (Å²) in [4.78, 5) is 0. The quantitative estimate of drug-likeness (QED) is 0.305. The number of aromatic hydroxyl groups is 2. The van der Waals surface area contributed by atoms with E-state index in [1.165, 1.54) is 0 Å². The van der Waals surface area contributed by atoms with Crippen molar-refractivity contribution in [2.45, 2.75) is 132 Å². The van der Waals surface area contributed by atoms with Gasteiger partial charge >= 0.3 is 0 Å². The van der Waals surface area contributed by atoms with Gasteiger partial charge < -0.3 is 29.2 Å². The lowest BCUT2D eigenvalue weighted by atomic mass is 9.84. The highest BCUT2D eigenvalue weighted by atomic mass is 16.5. The number of phenolic OH excluding ortho intramolecular Hbond substituents is 2. The van der Waals surface area contributed by atoms with Crippen LogP contribution in [-0.2, 0) is 70.1 Å². The molecule has 0 saturated heterocycles. The number of hydrogen-bond donors (Lipinski definition) is 2. The first kappa shape index (κ1) is 34.8. The molecule has 1 aliphatic rings. The zero-order valence-corrected chi connectivity index (χ0v) is 29.1. The molecule has 0 fully saturated rings. The van der Waals surface area contributed by atoms with E-state index in [4.69, 9.17) is 18.9 Å². The third-order valence-corrected chi connectivity index (χ3v) is 8.37. The molecule has 0 aliphatic carbocycles. The van der Waals surface area contributed by atoms with E-state index in [1.54, 1.807) is 0 Å². The largest absolute Gasteiger partial charge is 0.507 e. The monoisotopic (exact) mass is 618 g/mol. The van der Waals surface area contributed by atoms with Gasteiger partial charge in [-0.3, -0.25) is 0 Å². The third-order valence-electron chi connectivity index (χ3n) is 8.37. The molecular weight excluding hydrogens is 564 g/mol. The number of benzene rings is 3. The lowest BCUT2D eigenvalue weighted by Gasteiger charge is -2.25. The minimum absolute atomic E-state index is 0.105. The van der Waals surface area contributed by atoms with Gasteiger partial charge in [0.15, 0.2) is 0 Å². The average molecular weight is 619 g/mol. The Morgan fingerprint density at radius 1 is 0.511 bits per heavy atom. The Hall–Kier alpha value is -3.06. The van der Waals surface area contributed by atoms with Gasteiger partial charge in [-0.2, -0.15) is 0 Å². The van der Waals surface area contributed by atoms with Crippen molar-refractivity contribution in [1.82, 2.24) is 0 Å². The minimum Gasteiger partial charge on any atom is -0.507 e. The van der Waals surface area contributed by atoms with Crippen LogP contribution in [0.15, 0.2) is 36.4 Å². The van der Waals surface area contributed by atoms with Gasteiger partial charge in [0, 0.05) is 33.4 Å². The standard InChI is InChI=1S/C39H54O6/c1-11-12-45-36-29-17-33(39(8,9)10)18-30(36)24-44-22-28-16-32(38(5,6)7)14-26(35(28)41)20-42-19-25-13-31(37(2,3)4)15-27(34(25)40)21-43-23-29/h13-18,40-41H,11-12,19-24H2,1-10H3. The van der Waals surface area contributed by atoms with Crippen LogP contribution in [-0.4, -0.2) is 16.8 Å². The van der Waals surface area contributed by atoms with E-state index >= 15 is 0 Å². The van der Waals surface area contributed by atoms with E-state index in [9.17, 15) is 10.2 Å². The molecule has 6 bridgehead atoms. The highest BCUT2D eigenvalue weighted by Gasteiger charge is 2.24. The van der Waals surface area contributed by atoms with Gasteiger partial charge in [-0.1, -0.05) is 69.2 Å². The highest BCUT2D eigenvalue weighted by molar-refractivity contribution is 5.48. The van der Waals surface area contributed by atoms with Crippen molar-refractivity contribution in [2.75, 3.05) is 6.61 Å². The molecule has 0 spiro atoms. The van der Waals surface area contributed by atoms with Crippen LogP contribution >= 0.6 is 0 Å². The van der Waals surface area contributed by atoms with E-state index in [0.717, 1.165) is 40.0 Å². The molecule has 1 heterocycles. The first-order chi connectivity index (χ1) is 21.0. The van der Waals surface area contributed by atoms with Gasteiger partial charge in [0.1, 0.15) is 17.2 Å². The lowest BCUT2D eigenvalue weighted by Crippen LogP contribution is -2.15. The maximum absolute atomic E-state index is 11.4. The molecule has 0 aromatic heterocycles. The summed E-state index contributed by atoms with van der Waals surface area (Å²) >= 11 is 0. The maximum Gasteiger partial charge on any atom is 0.130 e. The van der Waals surface area contributed by atoms with Crippen molar-refractivity contribution in [1.29, 1.82) is 0 Å². The molecule has 6 nitrogen and oxygen atoms in total. The summed E-state index contributed by atoms with van der Waals surface area (Å²) in [5, 5.41) is 22.8. The van der Waals surface area contributed by atoms with E-state index in [1.807, 2.05) is 24.3 Å². The second kappa shape index (κ2) is 13.7. The second-order valence-corrected chi connectivity index (χ2v) is 15.5. The summed E-state index contributed by atoms with van der Waals surface area (Å²) < 4.78 is 25.2. The number of rotatable bonds is 3. The Morgan fingerprint density at radius 2 is 0.778 bits per heavy atom. The van der Waals surface area contributed by atoms with Crippen LogP contribution in [0.2, 0.25) is 0 Å². The Labute approximate surface area is 270 Å². The zero-order valence-electron chi connectivity index (χ0n) is 29.1. The smallest absolute Gasteiger partial charge is 0.130 e. The number of fused-ring (bicyclic) bond motifs is 6. The highest BCUT2D eigenvalue weighted by Crippen LogP contribution is 2.37. The molecular formula is C39H54O6. The van der Waals surface area contributed by atoms with Crippen molar-refractivity contribution < 1.29 is 29.2 Å². The normalized spacial score (nSPS) is 15.3. The third kappa shape index (κ3) is 8.60. The molecule has 0 saturated carbocycles. The fourth-order valence-electron chi connectivity index (χ4n) is 5.43. The van der Waals surface area contributed by atoms with Crippen LogP contribution in [0.25, 0.3) is 0 Å².